The fourth-order valence-corrected chi connectivity index (χ4v) is 6.26. The van der Waals surface area contributed by atoms with Gasteiger partial charge in [-0.2, -0.15) is 0 Å². The summed E-state index contributed by atoms with van der Waals surface area (Å²) in [5.74, 6) is 0.835. The zero-order valence-corrected chi connectivity index (χ0v) is 19.3. The minimum Gasteiger partial charge on any atom is -0.445 e. The van der Waals surface area contributed by atoms with Crippen molar-refractivity contribution in [2.75, 3.05) is 0 Å². The molecule has 0 atom stereocenters. The number of hydrogen-bond donors (Lipinski definition) is 1. The van der Waals surface area contributed by atoms with E-state index in [4.69, 9.17) is 13.8 Å². The van der Waals surface area contributed by atoms with Crippen LogP contribution >= 0.6 is 7.60 Å². The number of rotatable bonds is 8. The molecule has 0 bridgehead atoms. The van der Waals surface area contributed by atoms with Gasteiger partial charge in [0.1, 0.15) is 18.1 Å². The second-order valence-electron chi connectivity index (χ2n) is 8.09. The Bertz CT molecular complexity index is 1020. The van der Waals surface area contributed by atoms with Crippen LogP contribution in [0.2, 0.25) is 0 Å². The Kier molecular flexibility index (Phi) is 7.36. The predicted octanol–water partition coefficient (Wildman–Crippen LogP) is 6.92. The van der Waals surface area contributed by atoms with Gasteiger partial charge in [0.2, 0.25) is 0 Å². The van der Waals surface area contributed by atoms with E-state index in [2.05, 4.69) is 5.32 Å². The van der Waals surface area contributed by atoms with Gasteiger partial charge >= 0.3 is 13.7 Å². The van der Waals surface area contributed by atoms with Gasteiger partial charge in [0.05, 0.1) is 0 Å². The number of nitrogens with one attached hydrogen (secondary N) is 1. The molecular weight excluding hydrogens is 437 g/mol. The first kappa shape index (κ1) is 22.9. The van der Waals surface area contributed by atoms with E-state index in [9.17, 15) is 9.36 Å². The van der Waals surface area contributed by atoms with Gasteiger partial charge in [-0.25, -0.2) is 9.36 Å². The Hall–Kier alpha value is -3.24. The van der Waals surface area contributed by atoms with Gasteiger partial charge in [-0.3, -0.25) is 0 Å². The first-order chi connectivity index (χ1) is 16.1. The van der Waals surface area contributed by atoms with E-state index in [1.54, 1.807) is 48.5 Å². The molecule has 1 fully saturated rings. The number of benzene rings is 3. The molecule has 4 rings (SSSR count). The van der Waals surface area contributed by atoms with Crippen LogP contribution in [0, 0.1) is 0 Å². The fraction of sp³-hybridized carbons (Fsp3) is 0.269. The molecule has 3 aromatic rings. The summed E-state index contributed by atoms with van der Waals surface area (Å²) in [7, 11) is -3.93. The number of alkyl carbamates (subject to hydrolysis) is 1. The standard InChI is InChI=1S/C26H28NO5P/c28-25(30-21-22-13-5-1-6-14-22)27-26(19-11-4-12-20-26)33(29,31-23-15-7-2-8-16-23)32-24-17-9-3-10-18-24/h1-3,5-10,13-18H,4,11-12,19-21H2,(H,27,28). The molecule has 0 spiro atoms. The van der Waals surface area contributed by atoms with Crippen LogP contribution in [0.5, 0.6) is 11.5 Å². The number of carbonyl (C=O) groups is 1. The molecule has 1 N–H and O–H groups in total. The van der Waals surface area contributed by atoms with Crippen molar-refractivity contribution < 1.29 is 23.1 Å². The summed E-state index contributed by atoms with van der Waals surface area (Å²) in [5.41, 5.74) is 0.870. The van der Waals surface area contributed by atoms with Crippen LogP contribution < -0.4 is 14.4 Å². The monoisotopic (exact) mass is 465 g/mol. The Balaban J connectivity index is 1.62. The molecule has 172 valence electrons. The highest BCUT2D eigenvalue weighted by atomic mass is 31.2. The van der Waals surface area contributed by atoms with E-state index in [1.165, 1.54) is 0 Å². The van der Waals surface area contributed by atoms with Crippen LogP contribution in [0.1, 0.15) is 37.7 Å². The first-order valence-electron chi connectivity index (χ1n) is 11.2. The third-order valence-electron chi connectivity index (χ3n) is 5.69. The van der Waals surface area contributed by atoms with E-state index in [0.717, 1.165) is 24.8 Å². The molecule has 1 saturated carbocycles. The highest BCUT2D eigenvalue weighted by Crippen LogP contribution is 2.62. The van der Waals surface area contributed by atoms with Crippen LogP contribution in [0.15, 0.2) is 91.0 Å². The Morgan fingerprint density at radius 1 is 0.758 bits per heavy atom. The van der Waals surface area contributed by atoms with Crippen LogP contribution in [0.3, 0.4) is 0 Å². The Labute approximate surface area is 194 Å². The number of para-hydroxylation sites is 2. The molecule has 0 saturated heterocycles. The zero-order chi connectivity index (χ0) is 23.0. The highest BCUT2D eigenvalue weighted by Gasteiger charge is 2.55. The summed E-state index contributed by atoms with van der Waals surface area (Å²) >= 11 is 0. The van der Waals surface area contributed by atoms with Crippen molar-refractivity contribution in [2.24, 2.45) is 0 Å². The van der Waals surface area contributed by atoms with Crippen molar-refractivity contribution in [3.63, 3.8) is 0 Å². The van der Waals surface area contributed by atoms with Crippen molar-refractivity contribution in [2.45, 2.75) is 44.0 Å². The normalized spacial score (nSPS) is 15.3. The molecule has 6 nitrogen and oxygen atoms in total. The summed E-state index contributed by atoms with van der Waals surface area (Å²) in [5, 5.41) is 1.71. The van der Waals surface area contributed by atoms with Gasteiger partial charge in [0.25, 0.3) is 0 Å². The van der Waals surface area contributed by atoms with Gasteiger partial charge in [0.15, 0.2) is 5.28 Å². The average Bonchev–Trinajstić information content (AvgIpc) is 2.85. The lowest BCUT2D eigenvalue weighted by Crippen LogP contribution is -2.51. The minimum absolute atomic E-state index is 0.117. The topological polar surface area (TPSA) is 73.9 Å². The van der Waals surface area contributed by atoms with E-state index in [-0.39, 0.29) is 6.61 Å². The van der Waals surface area contributed by atoms with E-state index in [0.29, 0.717) is 24.3 Å². The fourth-order valence-electron chi connectivity index (χ4n) is 3.99. The SMILES string of the molecule is O=C(NC1(P(=O)(Oc2ccccc2)Oc2ccccc2)CCCCC1)OCc1ccccc1. The van der Waals surface area contributed by atoms with Crippen molar-refractivity contribution in [3.8, 4) is 11.5 Å². The summed E-state index contributed by atoms with van der Waals surface area (Å²) in [6.07, 6.45) is 2.85. The van der Waals surface area contributed by atoms with Crippen LogP contribution in [0.4, 0.5) is 4.79 Å². The van der Waals surface area contributed by atoms with Crippen molar-refractivity contribution in [1.29, 1.82) is 0 Å². The van der Waals surface area contributed by atoms with Gasteiger partial charge < -0.3 is 19.1 Å². The molecule has 1 aliphatic carbocycles. The maximum absolute atomic E-state index is 14.5. The molecule has 33 heavy (non-hydrogen) atoms. The summed E-state index contributed by atoms with van der Waals surface area (Å²) in [6, 6.07) is 27.3. The molecule has 0 radical (unpaired) electrons. The number of carbonyl (C=O) groups excluding carboxylic acids is 1. The van der Waals surface area contributed by atoms with Crippen molar-refractivity contribution in [3.05, 3.63) is 96.6 Å². The summed E-state index contributed by atoms with van der Waals surface area (Å²) in [6.45, 7) is 0.117. The molecule has 0 heterocycles. The quantitative estimate of drug-likeness (QED) is 0.365. The summed E-state index contributed by atoms with van der Waals surface area (Å²) < 4.78 is 32.1. The lowest BCUT2D eigenvalue weighted by atomic mass is 9.95. The van der Waals surface area contributed by atoms with Crippen LogP contribution in [-0.2, 0) is 15.9 Å². The van der Waals surface area contributed by atoms with E-state index < -0.39 is 19.0 Å². The van der Waals surface area contributed by atoms with Gasteiger partial charge in [-0.05, 0) is 42.7 Å². The second-order valence-corrected chi connectivity index (χ2v) is 10.3. The smallest absolute Gasteiger partial charge is 0.445 e. The third-order valence-corrected chi connectivity index (χ3v) is 8.20. The molecule has 3 aromatic carbocycles. The molecule has 0 unspecified atom stereocenters. The summed E-state index contributed by atoms with van der Waals surface area (Å²) in [4.78, 5) is 12.9. The minimum atomic E-state index is -3.93. The average molecular weight is 465 g/mol. The lowest BCUT2D eigenvalue weighted by molar-refractivity contribution is 0.125. The van der Waals surface area contributed by atoms with Crippen molar-refractivity contribution in [1.82, 2.24) is 5.32 Å². The molecular formula is C26H28NO5P. The van der Waals surface area contributed by atoms with Gasteiger partial charge in [0, 0.05) is 0 Å². The Morgan fingerprint density at radius 3 is 1.76 bits per heavy atom. The van der Waals surface area contributed by atoms with Crippen LogP contribution in [-0.4, -0.2) is 11.4 Å². The first-order valence-corrected chi connectivity index (χ1v) is 12.7. The lowest BCUT2D eigenvalue weighted by Gasteiger charge is -2.41. The number of ether oxygens (including phenoxy) is 1. The van der Waals surface area contributed by atoms with E-state index in [1.807, 2.05) is 42.5 Å². The van der Waals surface area contributed by atoms with E-state index >= 15 is 0 Å². The number of amides is 1. The third kappa shape index (κ3) is 5.77. The number of hydrogen-bond acceptors (Lipinski definition) is 5. The Morgan fingerprint density at radius 2 is 1.24 bits per heavy atom. The van der Waals surface area contributed by atoms with Gasteiger partial charge in [-0.15, -0.1) is 0 Å². The van der Waals surface area contributed by atoms with Gasteiger partial charge in [-0.1, -0.05) is 86.0 Å². The molecule has 7 heteroatoms. The second kappa shape index (κ2) is 10.6. The molecule has 0 aliphatic heterocycles. The maximum atomic E-state index is 14.5. The predicted molar refractivity (Wildman–Crippen MR) is 127 cm³/mol. The van der Waals surface area contributed by atoms with Crippen LogP contribution in [0.25, 0.3) is 0 Å². The largest absolute Gasteiger partial charge is 0.456 e. The maximum Gasteiger partial charge on any atom is 0.456 e. The zero-order valence-electron chi connectivity index (χ0n) is 18.4. The molecule has 0 aromatic heterocycles. The molecule has 1 amide bonds. The van der Waals surface area contributed by atoms with Crippen molar-refractivity contribution >= 4 is 13.7 Å². The molecule has 1 aliphatic rings. The highest BCUT2D eigenvalue weighted by molar-refractivity contribution is 7.56.